The maximum atomic E-state index is 11.2. The van der Waals surface area contributed by atoms with Crippen LogP contribution in [0.5, 0.6) is 0 Å². The largest absolute Gasteiger partial charge is 0.478 e. The van der Waals surface area contributed by atoms with Crippen molar-refractivity contribution in [1.82, 2.24) is 4.90 Å². The van der Waals surface area contributed by atoms with Crippen LogP contribution in [0.3, 0.4) is 0 Å². The molecule has 4 rings (SSSR count). The van der Waals surface area contributed by atoms with E-state index >= 15 is 0 Å². The summed E-state index contributed by atoms with van der Waals surface area (Å²) in [6.07, 6.45) is 5.08. The Morgan fingerprint density at radius 1 is 1.07 bits per heavy atom. The van der Waals surface area contributed by atoms with Gasteiger partial charge in [-0.3, -0.25) is 0 Å². The average Bonchev–Trinajstić information content (AvgIpc) is 2.77. The zero-order chi connectivity index (χ0) is 20.2. The van der Waals surface area contributed by atoms with Crippen LogP contribution < -0.4 is 0 Å². The molecule has 1 heterocycles. The molecular weight excluding hydrogens is 364 g/mol. The lowest BCUT2D eigenvalue weighted by atomic mass is 9.79. The van der Waals surface area contributed by atoms with E-state index in [-0.39, 0.29) is 5.92 Å². The van der Waals surface area contributed by atoms with E-state index in [0.29, 0.717) is 17.2 Å². The van der Waals surface area contributed by atoms with Crippen LogP contribution in [0.15, 0.2) is 53.7 Å². The summed E-state index contributed by atoms with van der Waals surface area (Å²) in [7, 11) is 0. The molecule has 1 aliphatic carbocycles. The summed E-state index contributed by atoms with van der Waals surface area (Å²) in [5, 5.41) is 22.4. The first-order chi connectivity index (χ1) is 14.2. The van der Waals surface area contributed by atoms with E-state index < -0.39 is 5.97 Å². The van der Waals surface area contributed by atoms with Crippen LogP contribution in [0.1, 0.15) is 58.6 Å². The normalized spacial score (nSPS) is 21.8. The summed E-state index contributed by atoms with van der Waals surface area (Å²) < 4.78 is 0. The minimum Gasteiger partial charge on any atom is -0.478 e. The van der Waals surface area contributed by atoms with Crippen molar-refractivity contribution >= 4 is 11.7 Å². The van der Waals surface area contributed by atoms with Crippen molar-refractivity contribution in [1.29, 1.82) is 0 Å². The first kappa shape index (κ1) is 19.6. The van der Waals surface area contributed by atoms with Crippen LogP contribution >= 0.6 is 0 Å². The molecule has 0 aromatic heterocycles. The second-order valence-electron chi connectivity index (χ2n) is 8.21. The smallest absolute Gasteiger partial charge is 0.335 e. The van der Waals surface area contributed by atoms with Crippen molar-refractivity contribution in [2.24, 2.45) is 11.1 Å². The predicted molar refractivity (Wildman–Crippen MR) is 113 cm³/mol. The highest BCUT2D eigenvalue weighted by atomic mass is 16.4. The summed E-state index contributed by atoms with van der Waals surface area (Å²) in [6, 6.07) is 15.9. The topological polar surface area (TPSA) is 73.1 Å². The quantitative estimate of drug-likeness (QED) is 0.584. The van der Waals surface area contributed by atoms with E-state index in [4.69, 9.17) is 0 Å². The van der Waals surface area contributed by atoms with E-state index in [9.17, 15) is 15.1 Å². The molecule has 2 aromatic rings. The molecule has 5 nitrogen and oxygen atoms in total. The molecule has 2 aliphatic rings. The lowest BCUT2D eigenvalue weighted by Crippen LogP contribution is -2.36. The van der Waals surface area contributed by atoms with Gasteiger partial charge in [-0.1, -0.05) is 41.6 Å². The van der Waals surface area contributed by atoms with Gasteiger partial charge in [0.2, 0.25) is 0 Å². The number of rotatable bonds is 5. The van der Waals surface area contributed by atoms with Crippen molar-refractivity contribution in [2.75, 3.05) is 19.6 Å². The maximum absolute atomic E-state index is 11.2. The number of aromatic carboxylic acids is 1. The summed E-state index contributed by atoms with van der Waals surface area (Å²) in [5.41, 5.74) is 4.32. The number of carbonyl (C=O) groups is 1. The van der Waals surface area contributed by atoms with Gasteiger partial charge < -0.3 is 15.2 Å². The molecule has 1 fully saturated rings. The summed E-state index contributed by atoms with van der Waals surface area (Å²) in [6.45, 7) is 3.22. The number of nitrogens with zero attached hydrogens (tertiary/aromatic N) is 2. The number of carboxylic acids is 1. The molecule has 1 saturated heterocycles. The Balaban J connectivity index is 1.34. The fourth-order valence-corrected chi connectivity index (χ4v) is 4.84. The SMILES string of the molecule is O=C(O)c1ccc2c(c1)CCC(CCN1CCC(c3ccccc3)CC1)/C2=N/O. The van der Waals surface area contributed by atoms with Gasteiger partial charge in [0, 0.05) is 11.5 Å². The maximum Gasteiger partial charge on any atom is 0.335 e. The number of hydrogen-bond acceptors (Lipinski definition) is 4. The first-order valence-electron chi connectivity index (χ1n) is 10.5. The third-order valence-electron chi connectivity index (χ3n) is 6.54. The second-order valence-corrected chi connectivity index (χ2v) is 8.21. The zero-order valence-corrected chi connectivity index (χ0v) is 16.6. The number of hydrogen-bond donors (Lipinski definition) is 2. The van der Waals surface area contributed by atoms with Crippen LogP contribution in [0.4, 0.5) is 0 Å². The molecule has 152 valence electrons. The van der Waals surface area contributed by atoms with Gasteiger partial charge in [0.05, 0.1) is 11.3 Å². The van der Waals surface area contributed by atoms with Crippen LogP contribution in [-0.4, -0.2) is 46.5 Å². The molecule has 0 bridgehead atoms. The fourth-order valence-electron chi connectivity index (χ4n) is 4.84. The predicted octanol–water partition coefficient (Wildman–Crippen LogP) is 4.40. The van der Waals surface area contributed by atoms with Crippen LogP contribution in [0, 0.1) is 5.92 Å². The molecule has 0 saturated carbocycles. The molecule has 0 spiro atoms. The van der Waals surface area contributed by atoms with E-state index in [1.807, 2.05) is 0 Å². The van der Waals surface area contributed by atoms with Gasteiger partial charge in [-0.2, -0.15) is 0 Å². The minimum atomic E-state index is -0.920. The Bertz CT molecular complexity index is 886. The van der Waals surface area contributed by atoms with E-state index in [0.717, 1.165) is 50.0 Å². The Hall–Kier alpha value is -2.66. The highest BCUT2D eigenvalue weighted by Gasteiger charge is 2.28. The number of benzene rings is 2. The molecule has 29 heavy (non-hydrogen) atoms. The Labute approximate surface area is 171 Å². The number of piperidine rings is 1. The number of aryl methyl sites for hydroxylation is 1. The average molecular weight is 392 g/mol. The molecular formula is C24H28N2O3. The highest BCUT2D eigenvalue weighted by Crippen LogP contribution is 2.31. The van der Waals surface area contributed by atoms with Crippen molar-refractivity contribution in [3.05, 3.63) is 70.8 Å². The van der Waals surface area contributed by atoms with Gasteiger partial charge in [0.1, 0.15) is 0 Å². The highest BCUT2D eigenvalue weighted by molar-refractivity contribution is 6.04. The Kier molecular flexibility index (Phi) is 5.95. The van der Waals surface area contributed by atoms with Crippen LogP contribution in [-0.2, 0) is 6.42 Å². The lowest BCUT2D eigenvalue weighted by molar-refractivity contribution is 0.0696. The monoisotopic (exact) mass is 392 g/mol. The van der Waals surface area contributed by atoms with Gasteiger partial charge in [0.15, 0.2) is 0 Å². The third kappa shape index (κ3) is 4.35. The van der Waals surface area contributed by atoms with Crippen molar-refractivity contribution in [3.63, 3.8) is 0 Å². The van der Waals surface area contributed by atoms with Gasteiger partial charge in [0.25, 0.3) is 0 Å². The second kappa shape index (κ2) is 8.78. The molecule has 1 aliphatic heterocycles. The van der Waals surface area contributed by atoms with Crippen molar-refractivity contribution in [2.45, 2.75) is 38.0 Å². The number of fused-ring (bicyclic) bond motifs is 1. The molecule has 5 heteroatoms. The standard InChI is InChI=1S/C24H28N2O3/c27-24(28)21-8-9-22-20(16-21)7-6-19(23(22)25-29)12-15-26-13-10-18(11-14-26)17-4-2-1-3-5-17/h1-5,8-9,16,18-19,29H,6-7,10-15H2,(H,27,28)/b25-23-. The molecule has 0 radical (unpaired) electrons. The fraction of sp³-hybridized carbons (Fsp3) is 0.417. The van der Waals surface area contributed by atoms with E-state index in [1.165, 1.54) is 18.4 Å². The summed E-state index contributed by atoms with van der Waals surface area (Å²) >= 11 is 0. The van der Waals surface area contributed by atoms with E-state index in [2.05, 4.69) is 40.4 Å². The summed E-state index contributed by atoms with van der Waals surface area (Å²) in [4.78, 5) is 13.7. The van der Waals surface area contributed by atoms with Gasteiger partial charge in [-0.25, -0.2) is 4.79 Å². The van der Waals surface area contributed by atoms with Gasteiger partial charge in [-0.15, -0.1) is 0 Å². The Morgan fingerprint density at radius 2 is 1.83 bits per heavy atom. The third-order valence-corrected chi connectivity index (χ3v) is 6.54. The first-order valence-corrected chi connectivity index (χ1v) is 10.5. The molecule has 0 amide bonds. The zero-order valence-electron chi connectivity index (χ0n) is 16.6. The van der Waals surface area contributed by atoms with Crippen molar-refractivity contribution in [3.8, 4) is 0 Å². The van der Waals surface area contributed by atoms with Crippen molar-refractivity contribution < 1.29 is 15.1 Å². The molecule has 1 atom stereocenters. The van der Waals surface area contributed by atoms with Gasteiger partial charge in [-0.05, 0) is 80.9 Å². The van der Waals surface area contributed by atoms with Gasteiger partial charge >= 0.3 is 5.97 Å². The Morgan fingerprint density at radius 3 is 2.52 bits per heavy atom. The minimum absolute atomic E-state index is 0.218. The van der Waals surface area contributed by atoms with Crippen LogP contribution in [0.2, 0.25) is 0 Å². The number of likely N-dealkylation sites (tertiary alicyclic amines) is 1. The van der Waals surface area contributed by atoms with E-state index in [1.54, 1.807) is 18.2 Å². The number of oxime groups is 1. The molecule has 2 N–H and O–H groups in total. The summed E-state index contributed by atoms with van der Waals surface area (Å²) in [5.74, 6) is -0.0432. The van der Waals surface area contributed by atoms with Crippen LogP contribution in [0.25, 0.3) is 0 Å². The molecule has 1 unspecified atom stereocenters. The lowest BCUT2D eigenvalue weighted by Gasteiger charge is -2.34. The molecule has 2 aromatic carbocycles. The number of carboxylic acid groups (broad SMARTS) is 1.